The number of benzene rings is 4. The van der Waals surface area contributed by atoms with E-state index in [1.165, 1.54) is 22.3 Å². The van der Waals surface area contributed by atoms with E-state index in [-0.39, 0.29) is 21.7 Å². The van der Waals surface area contributed by atoms with E-state index in [0.29, 0.717) is 0 Å². The Morgan fingerprint density at radius 3 is 0.763 bits per heavy atom. The number of hydrogen-bond donors (Lipinski definition) is 0. The Kier molecular flexibility index (Phi) is 9.42. The van der Waals surface area contributed by atoms with Crippen molar-refractivity contribution in [2.75, 3.05) is 0 Å². The number of rotatable bonds is 8. The first-order valence-electron chi connectivity index (χ1n) is 14.3. The van der Waals surface area contributed by atoms with Crippen molar-refractivity contribution in [3.05, 3.63) is 144 Å². The molecule has 4 rings (SSSR count). The molecule has 0 aromatic heterocycles. The standard InChI is InChI=1S/C20H26.C18H22/c1-5-19(3,17-13-9-7-10-14-17)20(4,6-2)18-15-11-8-12-16-18;1-17(2,15-11-7-5-8-12-15)18(3,4)16-13-9-6-10-14-16/h7-16H,5-6H2,1-4H3;5-14H,1-4H3. The van der Waals surface area contributed by atoms with Crippen molar-refractivity contribution in [3.63, 3.8) is 0 Å². The van der Waals surface area contributed by atoms with Gasteiger partial charge in [-0.05, 0) is 45.9 Å². The molecule has 0 aliphatic carbocycles. The van der Waals surface area contributed by atoms with Crippen molar-refractivity contribution in [3.8, 4) is 0 Å². The van der Waals surface area contributed by atoms with E-state index in [1.54, 1.807) is 0 Å². The van der Waals surface area contributed by atoms with Crippen LogP contribution in [0.2, 0.25) is 0 Å². The molecule has 0 saturated carbocycles. The maximum absolute atomic E-state index is 2.42. The van der Waals surface area contributed by atoms with Gasteiger partial charge in [-0.2, -0.15) is 0 Å². The largest absolute Gasteiger partial charge is 0.0645 e. The zero-order valence-corrected chi connectivity index (χ0v) is 25.0. The molecule has 0 saturated heterocycles. The minimum atomic E-state index is 0.0929. The van der Waals surface area contributed by atoms with Gasteiger partial charge in [-0.25, -0.2) is 0 Å². The second-order valence-corrected chi connectivity index (χ2v) is 12.1. The molecule has 0 fully saturated rings. The average Bonchev–Trinajstić information content (AvgIpc) is 2.98. The fourth-order valence-electron chi connectivity index (χ4n) is 5.87. The Morgan fingerprint density at radius 1 is 0.342 bits per heavy atom. The molecule has 4 aromatic rings. The Balaban J connectivity index is 0.000000212. The summed E-state index contributed by atoms with van der Waals surface area (Å²) in [7, 11) is 0. The third kappa shape index (κ3) is 5.65. The van der Waals surface area contributed by atoms with Gasteiger partial charge in [0.15, 0.2) is 0 Å². The van der Waals surface area contributed by atoms with Crippen LogP contribution in [0.5, 0.6) is 0 Å². The van der Waals surface area contributed by atoms with Crippen LogP contribution in [0.4, 0.5) is 0 Å². The van der Waals surface area contributed by atoms with Crippen LogP contribution in [-0.4, -0.2) is 0 Å². The van der Waals surface area contributed by atoms with Crippen molar-refractivity contribution in [1.82, 2.24) is 0 Å². The van der Waals surface area contributed by atoms with Crippen molar-refractivity contribution in [1.29, 1.82) is 0 Å². The summed E-state index contributed by atoms with van der Waals surface area (Å²) in [5.74, 6) is 0. The summed E-state index contributed by atoms with van der Waals surface area (Å²) >= 11 is 0. The smallest absolute Gasteiger partial charge is 0.00162 e. The molecule has 0 amide bonds. The van der Waals surface area contributed by atoms with Crippen LogP contribution in [0.3, 0.4) is 0 Å². The van der Waals surface area contributed by atoms with Gasteiger partial charge in [-0.3, -0.25) is 0 Å². The maximum atomic E-state index is 2.42. The maximum Gasteiger partial charge on any atom is 0.00162 e. The van der Waals surface area contributed by atoms with Crippen molar-refractivity contribution < 1.29 is 0 Å². The monoisotopic (exact) mass is 504 g/mol. The van der Waals surface area contributed by atoms with Gasteiger partial charge in [-0.1, -0.05) is 177 Å². The Labute approximate surface area is 233 Å². The molecule has 2 atom stereocenters. The molecule has 0 radical (unpaired) electrons. The predicted octanol–water partition coefficient (Wildman–Crippen LogP) is 10.7. The summed E-state index contributed by atoms with van der Waals surface area (Å²) in [6.07, 6.45) is 2.27. The lowest BCUT2D eigenvalue weighted by Crippen LogP contribution is -2.44. The lowest BCUT2D eigenvalue weighted by molar-refractivity contribution is 0.235. The second kappa shape index (κ2) is 12.2. The lowest BCUT2D eigenvalue weighted by Gasteiger charge is -2.47. The molecule has 0 bridgehead atoms. The molecule has 0 aliphatic rings. The summed E-state index contributed by atoms with van der Waals surface area (Å²) in [5.41, 5.74) is 6.13. The highest BCUT2D eigenvalue weighted by Crippen LogP contribution is 2.48. The van der Waals surface area contributed by atoms with Crippen LogP contribution in [0.1, 0.15) is 90.5 Å². The van der Waals surface area contributed by atoms with Gasteiger partial charge in [-0.15, -0.1) is 0 Å². The van der Waals surface area contributed by atoms with E-state index in [0.717, 1.165) is 12.8 Å². The molecule has 0 heteroatoms. The van der Waals surface area contributed by atoms with Gasteiger partial charge >= 0.3 is 0 Å². The van der Waals surface area contributed by atoms with E-state index in [2.05, 4.69) is 177 Å². The first kappa shape index (κ1) is 29.4. The van der Waals surface area contributed by atoms with E-state index >= 15 is 0 Å². The van der Waals surface area contributed by atoms with E-state index in [1.807, 2.05) is 0 Å². The summed E-state index contributed by atoms with van der Waals surface area (Å²) in [6.45, 7) is 18.8. The Morgan fingerprint density at radius 2 is 0.553 bits per heavy atom. The summed E-state index contributed by atoms with van der Waals surface area (Å²) < 4.78 is 0. The zero-order valence-electron chi connectivity index (χ0n) is 25.0. The average molecular weight is 505 g/mol. The molecule has 0 N–H and O–H groups in total. The van der Waals surface area contributed by atoms with Gasteiger partial charge in [0.2, 0.25) is 0 Å². The van der Waals surface area contributed by atoms with Gasteiger partial charge in [0.1, 0.15) is 0 Å². The van der Waals surface area contributed by atoms with Gasteiger partial charge < -0.3 is 0 Å². The second-order valence-electron chi connectivity index (χ2n) is 12.1. The molecule has 0 aliphatic heterocycles. The Bertz CT molecular complexity index is 1120. The van der Waals surface area contributed by atoms with Gasteiger partial charge in [0.05, 0.1) is 0 Å². The minimum Gasteiger partial charge on any atom is -0.0645 e. The van der Waals surface area contributed by atoms with Gasteiger partial charge in [0.25, 0.3) is 0 Å². The van der Waals surface area contributed by atoms with Crippen LogP contribution < -0.4 is 0 Å². The minimum absolute atomic E-state index is 0.0929. The Hall–Kier alpha value is -3.12. The van der Waals surface area contributed by atoms with Crippen LogP contribution in [0.15, 0.2) is 121 Å². The predicted molar refractivity (Wildman–Crippen MR) is 167 cm³/mol. The summed E-state index contributed by atoms with van der Waals surface area (Å²) in [4.78, 5) is 0. The van der Waals surface area contributed by atoms with Crippen LogP contribution in [0, 0.1) is 0 Å². The van der Waals surface area contributed by atoms with Gasteiger partial charge in [0, 0.05) is 10.8 Å². The molecule has 0 nitrogen and oxygen atoms in total. The van der Waals surface area contributed by atoms with Crippen LogP contribution >= 0.6 is 0 Å². The third-order valence-electron chi connectivity index (χ3n) is 10.0. The van der Waals surface area contributed by atoms with Crippen LogP contribution in [-0.2, 0) is 21.7 Å². The summed E-state index contributed by atoms with van der Waals surface area (Å²) in [5, 5.41) is 0. The van der Waals surface area contributed by atoms with Crippen molar-refractivity contribution in [2.24, 2.45) is 0 Å². The molecule has 4 aromatic carbocycles. The molecule has 0 spiro atoms. The molecule has 0 heterocycles. The highest BCUT2D eigenvalue weighted by molar-refractivity contribution is 5.38. The molecule has 2 unspecified atom stereocenters. The SMILES string of the molecule is CC(C)(c1ccccc1)C(C)(C)c1ccccc1.CCC(C)(c1ccccc1)C(C)(CC)c1ccccc1. The first-order valence-corrected chi connectivity index (χ1v) is 14.3. The van der Waals surface area contributed by atoms with Crippen molar-refractivity contribution in [2.45, 2.75) is 89.9 Å². The van der Waals surface area contributed by atoms with E-state index < -0.39 is 0 Å². The highest BCUT2D eigenvalue weighted by Gasteiger charge is 2.44. The van der Waals surface area contributed by atoms with Crippen molar-refractivity contribution >= 4 is 0 Å². The van der Waals surface area contributed by atoms with Crippen LogP contribution in [0.25, 0.3) is 0 Å². The summed E-state index contributed by atoms with van der Waals surface area (Å²) in [6, 6.07) is 43.5. The molecule has 38 heavy (non-hydrogen) atoms. The fraction of sp³-hybridized carbons (Fsp3) is 0.368. The quantitative estimate of drug-likeness (QED) is 0.224. The molecular formula is C38H48. The first-order chi connectivity index (χ1) is 18.0. The topological polar surface area (TPSA) is 0 Å². The lowest BCUT2D eigenvalue weighted by atomic mass is 9.56. The zero-order chi connectivity index (χ0) is 27.9. The fourth-order valence-corrected chi connectivity index (χ4v) is 5.87. The highest BCUT2D eigenvalue weighted by atomic mass is 14.5. The number of hydrogen-bond acceptors (Lipinski definition) is 0. The van der Waals surface area contributed by atoms with E-state index in [9.17, 15) is 0 Å². The molecular weight excluding hydrogens is 456 g/mol. The molecule has 200 valence electrons. The third-order valence-corrected chi connectivity index (χ3v) is 10.0. The van der Waals surface area contributed by atoms with E-state index in [4.69, 9.17) is 0 Å². The normalized spacial score (nSPS) is 14.9.